The Morgan fingerprint density at radius 3 is 1.50 bits per heavy atom. The number of carboxylic acid groups (broad SMARTS) is 4. The third-order valence-corrected chi connectivity index (χ3v) is 9.95. The van der Waals surface area contributed by atoms with Crippen molar-refractivity contribution in [3.8, 4) is 0 Å². The molecule has 0 aliphatic heterocycles. The molecule has 29 nitrogen and oxygen atoms in total. The molecule has 68 heavy (non-hydrogen) atoms. The number of hydrogen-bond donors (Lipinski definition) is 9. The van der Waals surface area contributed by atoms with E-state index in [1.807, 2.05) is 0 Å². The van der Waals surface area contributed by atoms with Gasteiger partial charge in [-0.25, -0.2) is 0 Å². The Hall–Kier alpha value is -7.16. The number of rotatable bonds is 26. The van der Waals surface area contributed by atoms with Gasteiger partial charge in [0.05, 0.1) is 49.9 Å². The van der Waals surface area contributed by atoms with Gasteiger partial charge in [0.1, 0.15) is 41.8 Å². The molecule has 2 radical (unpaired) electrons. The van der Waals surface area contributed by atoms with Crippen molar-refractivity contribution < 1.29 is 79.8 Å². The Balaban J connectivity index is 0. The summed E-state index contributed by atoms with van der Waals surface area (Å²) in [5, 5.41) is 81.2. The minimum absolute atomic E-state index is 0.00972. The van der Waals surface area contributed by atoms with Gasteiger partial charge in [-0.05, 0) is 31.7 Å². The van der Waals surface area contributed by atoms with Crippen LogP contribution in [0, 0.1) is 52.3 Å². The first-order valence-electron chi connectivity index (χ1n) is 19.0. The Bertz CT molecular complexity index is 2230. The number of aliphatic carboxylic acids is 4. The molecule has 0 saturated carbocycles. The number of amides is 2. The number of nitrogens with two attached hydrogens (primary N) is 2. The van der Waals surface area contributed by atoms with E-state index < -0.39 is 115 Å². The van der Waals surface area contributed by atoms with E-state index in [2.05, 4.69) is 36.1 Å². The van der Waals surface area contributed by atoms with Gasteiger partial charge >= 0.3 is 23.9 Å². The lowest BCUT2D eigenvalue weighted by atomic mass is 9.99. The largest absolute Gasteiger partial charge is 0.480 e. The molecule has 0 bridgehead atoms. The van der Waals surface area contributed by atoms with Crippen molar-refractivity contribution in [3.05, 3.63) is 81.9 Å². The SMILES string of the molecule is NC(CCC(=O)CC(CS)C(=O)NCC(=O)O)C(=O)O.NC(CCC(=O)CC(CSc1ccc([N+](=O)[O-])cc1[N+](=O)[O-])C(=O)NCC(=O)O)C(=O)O.O=[N+]([O-])c1ccc(Cl)c([N+](=O)[O-])c1.[2H]C=N[B]. The molecule has 4 atom stereocenters. The Labute approximate surface area is 400 Å². The lowest BCUT2D eigenvalue weighted by Crippen LogP contribution is -2.37. The van der Waals surface area contributed by atoms with E-state index in [4.69, 9.17) is 44.9 Å². The molecule has 0 spiro atoms. The van der Waals surface area contributed by atoms with E-state index in [0.29, 0.717) is 0 Å². The van der Waals surface area contributed by atoms with Gasteiger partial charge in [0, 0.05) is 49.3 Å². The highest BCUT2D eigenvalue weighted by Crippen LogP contribution is 2.34. The molecule has 0 aromatic heterocycles. The van der Waals surface area contributed by atoms with E-state index in [1.165, 1.54) is 0 Å². The van der Waals surface area contributed by atoms with Gasteiger partial charge in [0.15, 0.2) is 0 Å². The van der Waals surface area contributed by atoms with Crippen LogP contribution in [0.1, 0.15) is 39.9 Å². The number of carboxylic acids is 4. The Kier molecular flexibility index (Phi) is 29.8. The average Bonchev–Trinajstić information content (AvgIpc) is 3.28. The fourth-order valence-electron chi connectivity index (χ4n) is 4.54. The number of halogens is 1. The summed E-state index contributed by atoms with van der Waals surface area (Å²) >= 11 is 10.2. The highest BCUT2D eigenvalue weighted by molar-refractivity contribution is 7.99. The normalized spacial score (nSPS) is 12.1. The fourth-order valence-corrected chi connectivity index (χ4v) is 6.12. The van der Waals surface area contributed by atoms with Gasteiger partial charge in [-0.1, -0.05) is 11.6 Å². The first-order chi connectivity index (χ1) is 32.1. The number of ketones is 2. The zero-order valence-electron chi connectivity index (χ0n) is 35.9. The molecule has 2 rings (SSSR count). The number of nitrogens with one attached hydrogen (secondary N) is 2. The summed E-state index contributed by atoms with van der Waals surface area (Å²) < 4.78 is 6.03. The van der Waals surface area contributed by atoms with Crippen LogP contribution >= 0.6 is 36.0 Å². The predicted octanol–water partition coefficient (Wildman–Crippen LogP) is 1.37. The number of thioether (sulfide) groups is 1. The highest BCUT2D eigenvalue weighted by atomic mass is 35.5. The van der Waals surface area contributed by atoms with Gasteiger partial charge in [0.2, 0.25) is 11.8 Å². The Morgan fingerprint density at radius 1 is 0.735 bits per heavy atom. The van der Waals surface area contributed by atoms with E-state index in [1.54, 1.807) is 0 Å². The van der Waals surface area contributed by atoms with Crippen LogP contribution in [0.5, 0.6) is 0 Å². The second kappa shape index (κ2) is 33.3. The number of nitro benzene ring substituents is 4. The predicted molar refractivity (Wildman–Crippen MR) is 242 cm³/mol. The monoisotopic (exact) mass is 1020 g/mol. The number of benzene rings is 2. The average molecular weight is 1020 g/mol. The molecule has 0 aliphatic carbocycles. The second-order valence-corrected chi connectivity index (χ2v) is 14.9. The summed E-state index contributed by atoms with van der Waals surface area (Å²) in [5.74, 6) is -9.11. The van der Waals surface area contributed by atoms with Crippen molar-refractivity contribution in [1.82, 2.24) is 10.6 Å². The highest BCUT2D eigenvalue weighted by Gasteiger charge is 2.27. The molecule has 2 aromatic rings. The fraction of sp³-hybridized carbons (Fsp3) is 0.400. The van der Waals surface area contributed by atoms with Crippen molar-refractivity contribution in [1.29, 1.82) is 0 Å². The number of carbonyl (C=O) groups is 8. The maximum atomic E-state index is 12.3. The van der Waals surface area contributed by atoms with Crippen molar-refractivity contribution in [2.24, 2.45) is 28.2 Å². The molecule has 10 N–H and O–H groups in total. The smallest absolute Gasteiger partial charge is 0.322 e. The van der Waals surface area contributed by atoms with Crippen LogP contribution in [-0.4, -0.2) is 139 Å². The van der Waals surface area contributed by atoms with Crippen LogP contribution in [0.2, 0.25) is 5.02 Å². The molecule has 0 saturated heterocycles. The number of carbonyl (C=O) groups excluding carboxylic acids is 4. The zero-order valence-corrected chi connectivity index (χ0v) is 37.4. The molecule has 4 unspecified atom stereocenters. The van der Waals surface area contributed by atoms with Gasteiger partial charge in [-0.15, -0.1) is 11.8 Å². The van der Waals surface area contributed by atoms with Crippen LogP contribution in [-0.2, 0) is 38.4 Å². The summed E-state index contributed by atoms with van der Waals surface area (Å²) in [6, 6.07) is 3.62. The first kappa shape index (κ1) is 60.8. The summed E-state index contributed by atoms with van der Waals surface area (Å²) in [6.07, 6.45) is -0.974. The van der Waals surface area contributed by atoms with E-state index in [0.717, 1.165) is 54.9 Å². The van der Waals surface area contributed by atoms with E-state index in [9.17, 15) is 78.8 Å². The van der Waals surface area contributed by atoms with Crippen molar-refractivity contribution >= 4 is 121 Å². The molecule has 33 heteroatoms. The quantitative estimate of drug-likeness (QED) is 0.0160. The summed E-state index contributed by atoms with van der Waals surface area (Å²) in [6.45, 7) is -0.461. The second-order valence-electron chi connectivity index (χ2n) is 13.0. The van der Waals surface area contributed by atoms with Gasteiger partial charge in [-0.3, -0.25) is 78.8 Å². The van der Waals surface area contributed by atoms with Crippen LogP contribution in [0.25, 0.3) is 0 Å². The molecule has 2 aromatic carbocycles. The molecular formula is C35H43BClN9O20S2. The van der Waals surface area contributed by atoms with Crippen LogP contribution in [0.3, 0.4) is 0 Å². The zero-order chi connectivity index (χ0) is 53.6. The maximum Gasteiger partial charge on any atom is 0.322 e. The summed E-state index contributed by atoms with van der Waals surface area (Å²) in [7, 11) is 4.41. The third kappa shape index (κ3) is 26.7. The number of Topliss-reactive ketones (excluding diaryl/α,β-unsaturated/α-hetero) is 2. The minimum Gasteiger partial charge on any atom is -0.480 e. The van der Waals surface area contributed by atoms with Gasteiger partial charge in [-0.2, -0.15) is 12.6 Å². The number of thiol groups is 1. The number of hydrogen-bond acceptors (Lipinski definition) is 21. The topological polar surface area (TPSA) is 478 Å². The van der Waals surface area contributed by atoms with Crippen LogP contribution in [0.15, 0.2) is 46.2 Å². The standard InChI is InChI=1S/C17H20N4O10S.C11H18N2O6S.C6H3ClN2O4.CH2BN/c18-12(17(26)27)3-2-11(22)5-9(16(25)19-7-15(23)24)8-32-14-4-1-10(20(28)29)6-13(14)21(30)31;12-8(11(18)19)2-1-7(14)3-6(5-20)10(17)13-4-9(15)16;7-5-2-1-4(8(10)11)3-6(5)9(12)13;1-3-2/h1,4,6,9,12H,2-3,5,7-8,18H2,(H,19,25)(H,23,24)(H,26,27);6,8,20H,1-5,12H2,(H,13,17)(H,15,16)(H,18,19);1-3H;1H2/i;;;1D. The minimum atomic E-state index is -1.32. The van der Waals surface area contributed by atoms with Crippen molar-refractivity contribution in [3.63, 3.8) is 0 Å². The summed E-state index contributed by atoms with van der Waals surface area (Å²) in [5.41, 5.74) is 8.72. The van der Waals surface area contributed by atoms with Crippen LogP contribution < -0.4 is 22.1 Å². The molecule has 0 aliphatic rings. The number of nitro groups is 4. The van der Waals surface area contributed by atoms with Gasteiger partial charge < -0.3 is 47.4 Å². The third-order valence-electron chi connectivity index (χ3n) is 7.97. The molecule has 2 amide bonds. The van der Waals surface area contributed by atoms with E-state index >= 15 is 0 Å². The van der Waals surface area contributed by atoms with Gasteiger partial charge in [0.25, 0.3) is 30.7 Å². The molecule has 370 valence electrons. The first-order valence-corrected chi connectivity index (χ1v) is 20.5. The lowest BCUT2D eigenvalue weighted by Gasteiger charge is -2.16. The lowest BCUT2D eigenvalue weighted by molar-refractivity contribution is -0.396. The van der Waals surface area contributed by atoms with E-state index in [-0.39, 0.29) is 71.4 Å². The molecular weight excluding hydrogens is 977 g/mol. The number of nitrogens with zero attached hydrogens (tertiary/aromatic N) is 5. The van der Waals surface area contributed by atoms with Crippen molar-refractivity contribution in [2.45, 2.75) is 55.5 Å². The maximum absolute atomic E-state index is 12.3. The molecule has 0 fully saturated rings. The molecule has 0 heterocycles. The Morgan fingerprint density at radius 2 is 1.13 bits per heavy atom. The van der Waals surface area contributed by atoms with Crippen molar-refractivity contribution in [2.75, 3.05) is 24.6 Å². The summed E-state index contributed by atoms with van der Waals surface area (Å²) in [4.78, 5) is 132. The number of non-ortho nitro benzene ring substituents is 2. The van der Waals surface area contributed by atoms with Crippen LogP contribution in [0.4, 0.5) is 22.7 Å².